The summed E-state index contributed by atoms with van der Waals surface area (Å²) in [4.78, 5) is 4.65. The van der Waals surface area contributed by atoms with E-state index in [1.54, 1.807) is 0 Å². The highest BCUT2D eigenvalue weighted by molar-refractivity contribution is 9.10. The molecular formula is C15H20BrF3N2O. The molecule has 22 heavy (non-hydrogen) atoms. The summed E-state index contributed by atoms with van der Waals surface area (Å²) < 4.78 is 41.6. The van der Waals surface area contributed by atoms with Gasteiger partial charge in [0.05, 0.1) is 0 Å². The number of hydrogen-bond donors (Lipinski definition) is 0. The van der Waals surface area contributed by atoms with Crippen molar-refractivity contribution in [3.8, 4) is 5.75 Å². The molecule has 1 saturated heterocycles. The standard InChI is InChI=1S/C15H20BrF3N2O/c1-11(2)21-5-3-20(4-6-21)10-12-7-13(16)9-14(8-12)22-15(17,18)19/h7-9,11H,3-6,10H2,1-2H3. The maximum atomic E-state index is 12.3. The van der Waals surface area contributed by atoms with Crippen LogP contribution in [0.1, 0.15) is 19.4 Å². The fourth-order valence-corrected chi connectivity index (χ4v) is 3.12. The Labute approximate surface area is 137 Å². The van der Waals surface area contributed by atoms with Crippen LogP contribution in [0.2, 0.25) is 0 Å². The number of rotatable bonds is 4. The fourth-order valence-electron chi connectivity index (χ4n) is 2.60. The molecule has 1 aliphatic rings. The molecule has 1 fully saturated rings. The molecule has 3 nitrogen and oxygen atoms in total. The number of nitrogens with zero attached hydrogens (tertiary/aromatic N) is 2. The SMILES string of the molecule is CC(C)N1CCN(Cc2cc(Br)cc(OC(F)(F)F)c2)CC1. The van der Waals surface area contributed by atoms with Crippen molar-refractivity contribution < 1.29 is 17.9 Å². The lowest BCUT2D eigenvalue weighted by Gasteiger charge is -2.37. The Bertz CT molecular complexity index is 500. The predicted octanol–water partition coefficient (Wildman–Crippen LogP) is 3.87. The lowest BCUT2D eigenvalue weighted by atomic mass is 10.1. The van der Waals surface area contributed by atoms with Gasteiger partial charge in [-0.05, 0) is 37.6 Å². The molecule has 0 unspecified atom stereocenters. The van der Waals surface area contributed by atoms with Gasteiger partial charge < -0.3 is 4.74 Å². The normalized spacial score (nSPS) is 18.0. The van der Waals surface area contributed by atoms with Gasteiger partial charge in [-0.2, -0.15) is 0 Å². The van der Waals surface area contributed by atoms with E-state index in [-0.39, 0.29) is 5.75 Å². The lowest BCUT2D eigenvalue weighted by Crippen LogP contribution is -2.48. The van der Waals surface area contributed by atoms with Gasteiger partial charge in [0.1, 0.15) is 5.75 Å². The number of alkyl halides is 3. The minimum Gasteiger partial charge on any atom is -0.406 e. The third-order valence-electron chi connectivity index (χ3n) is 3.71. The molecule has 0 aromatic heterocycles. The van der Waals surface area contributed by atoms with Crippen molar-refractivity contribution in [1.29, 1.82) is 0 Å². The Morgan fingerprint density at radius 3 is 2.32 bits per heavy atom. The average Bonchev–Trinajstić information content (AvgIpc) is 2.36. The van der Waals surface area contributed by atoms with Crippen molar-refractivity contribution in [1.82, 2.24) is 9.80 Å². The van der Waals surface area contributed by atoms with Crippen LogP contribution in [-0.4, -0.2) is 48.4 Å². The zero-order valence-electron chi connectivity index (χ0n) is 12.7. The van der Waals surface area contributed by atoms with Crippen LogP contribution in [0.15, 0.2) is 22.7 Å². The quantitative estimate of drug-likeness (QED) is 0.788. The topological polar surface area (TPSA) is 15.7 Å². The highest BCUT2D eigenvalue weighted by Crippen LogP contribution is 2.28. The molecule has 0 amide bonds. The molecule has 2 rings (SSSR count). The summed E-state index contributed by atoms with van der Waals surface area (Å²) in [5, 5.41) is 0. The van der Waals surface area contributed by atoms with E-state index >= 15 is 0 Å². The van der Waals surface area contributed by atoms with Crippen molar-refractivity contribution in [2.45, 2.75) is 32.8 Å². The van der Waals surface area contributed by atoms with Crippen molar-refractivity contribution in [3.63, 3.8) is 0 Å². The van der Waals surface area contributed by atoms with Gasteiger partial charge in [0.25, 0.3) is 0 Å². The second-order valence-corrected chi connectivity index (χ2v) is 6.66. The predicted molar refractivity (Wildman–Crippen MR) is 82.8 cm³/mol. The van der Waals surface area contributed by atoms with E-state index in [9.17, 15) is 13.2 Å². The first kappa shape index (κ1) is 17.6. The molecule has 1 heterocycles. The van der Waals surface area contributed by atoms with Gasteiger partial charge in [-0.25, -0.2) is 0 Å². The number of piperazine rings is 1. The molecule has 1 aromatic rings. The van der Waals surface area contributed by atoms with E-state index in [4.69, 9.17) is 0 Å². The first-order valence-corrected chi connectivity index (χ1v) is 8.04. The molecule has 124 valence electrons. The summed E-state index contributed by atoms with van der Waals surface area (Å²) >= 11 is 3.24. The molecule has 0 N–H and O–H groups in total. The molecule has 1 aliphatic heterocycles. The summed E-state index contributed by atoms with van der Waals surface area (Å²) in [6.07, 6.45) is -4.67. The Balaban J connectivity index is 1.98. The Hall–Kier alpha value is -0.790. The lowest BCUT2D eigenvalue weighted by molar-refractivity contribution is -0.274. The monoisotopic (exact) mass is 380 g/mol. The van der Waals surface area contributed by atoms with Crippen LogP contribution in [-0.2, 0) is 6.54 Å². The second kappa shape index (κ2) is 7.19. The molecule has 0 bridgehead atoms. The number of ether oxygens (including phenoxy) is 1. The summed E-state index contributed by atoms with van der Waals surface area (Å²) in [5.74, 6) is -0.183. The largest absolute Gasteiger partial charge is 0.573 e. The molecule has 0 radical (unpaired) electrons. The Morgan fingerprint density at radius 1 is 1.14 bits per heavy atom. The van der Waals surface area contributed by atoms with Gasteiger partial charge in [-0.1, -0.05) is 15.9 Å². The first-order chi connectivity index (χ1) is 10.2. The van der Waals surface area contributed by atoms with Crippen molar-refractivity contribution in [2.75, 3.05) is 26.2 Å². The molecule has 1 aromatic carbocycles. The third-order valence-corrected chi connectivity index (χ3v) is 4.17. The van der Waals surface area contributed by atoms with Crippen molar-refractivity contribution in [3.05, 3.63) is 28.2 Å². The maximum absolute atomic E-state index is 12.3. The maximum Gasteiger partial charge on any atom is 0.573 e. The first-order valence-electron chi connectivity index (χ1n) is 7.24. The summed E-state index contributed by atoms with van der Waals surface area (Å²) in [6.45, 7) is 8.77. The van der Waals surface area contributed by atoms with Gasteiger partial charge in [0, 0.05) is 43.2 Å². The smallest absolute Gasteiger partial charge is 0.406 e. The molecule has 0 aliphatic carbocycles. The summed E-state index contributed by atoms with van der Waals surface area (Å²) in [5.41, 5.74) is 0.812. The highest BCUT2D eigenvalue weighted by Gasteiger charge is 2.31. The molecule has 0 spiro atoms. The number of hydrogen-bond acceptors (Lipinski definition) is 3. The van der Waals surface area contributed by atoms with Crippen LogP contribution in [0.3, 0.4) is 0 Å². The zero-order chi connectivity index (χ0) is 16.3. The zero-order valence-corrected chi connectivity index (χ0v) is 14.2. The number of benzene rings is 1. The van der Waals surface area contributed by atoms with E-state index in [0.29, 0.717) is 17.1 Å². The van der Waals surface area contributed by atoms with E-state index in [2.05, 4.69) is 44.3 Å². The van der Waals surface area contributed by atoms with Gasteiger partial charge in [0.2, 0.25) is 0 Å². The van der Waals surface area contributed by atoms with E-state index in [1.807, 2.05) is 6.07 Å². The Morgan fingerprint density at radius 2 is 1.77 bits per heavy atom. The van der Waals surface area contributed by atoms with Crippen LogP contribution >= 0.6 is 15.9 Å². The van der Waals surface area contributed by atoms with E-state index < -0.39 is 6.36 Å². The number of halogens is 4. The molecular weight excluding hydrogens is 361 g/mol. The molecule has 0 saturated carbocycles. The van der Waals surface area contributed by atoms with Crippen LogP contribution in [0.4, 0.5) is 13.2 Å². The minimum absolute atomic E-state index is 0.183. The average molecular weight is 381 g/mol. The van der Waals surface area contributed by atoms with Crippen molar-refractivity contribution in [2.24, 2.45) is 0 Å². The summed E-state index contributed by atoms with van der Waals surface area (Å²) in [6, 6.07) is 5.14. The van der Waals surface area contributed by atoms with Gasteiger partial charge in [-0.3, -0.25) is 9.80 Å². The second-order valence-electron chi connectivity index (χ2n) is 5.75. The highest BCUT2D eigenvalue weighted by atomic mass is 79.9. The molecule has 7 heteroatoms. The van der Waals surface area contributed by atoms with Crippen LogP contribution in [0, 0.1) is 0 Å². The minimum atomic E-state index is -4.67. The van der Waals surface area contributed by atoms with Gasteiger partial charge in [-0.15, -0.1) is 13.2 Å². The van der Waals surface area contributed by atoms with Gasteiger partial charge in [0.15, 0.2) is 0 Å². The summed E-state index contributed by atoms with van der Waals surface area (Å²) in [7, 11) is 0. The molecule has 0 atom stereocenters. The fraction of sp³-hybridized carbons (Fsp3) is 0.600. The van der Waals surface area contributed by atoms with Crippen LogP contribution < -0.4 is 4.74 Å². The van der Waals surface area contributed by atoms with Gasteiger partial charge >= 0.3 is 6.36 Å². The Kier molecular flexibility index (Phi) is 5.74. The van der Waals surface area contributed by atoms with Crippen LogP contribution in [0.5, 0.6) is 5.75 Å². The third kappa shape index (κ3) is 5.44. The van der Waals surface area contributed by atoms with E-state index in [0.717, 1.165) is 31.7 Å². The van der Waals surface area contributed by atoms with Crippen LogP contribution in [0.25, 0.3) is 0 Å². The van der Waals surface area contributed by atoms with E-state index in [1.165, 1.54) is 12.1 Å². The van der Waals surface area contributed by atoms with Crippen molar-refractivity contribution >= 4 is 15.9 Å².